The van der Waals surface area contributed by atoms with Gasteiger partial charge in [0.15, 0.2) is 0 Å². The van der Waals surface area contributed by atoms with Gasteiger partial charge in [0.25, 0.3) is 0 Å². The molecule has 0 saturated heterocycles. The first kappa shape index (κ1) is 13.6. The fourth-order valence-corrected chi connectivity index (χ4v) is 1.34. The van der Waals surface area contributed by atoms with E-state index in [1.807, 2.05) is 31.2 Å². The second-order valence-corrected chi connectivity index (χ2v) is 3.72. The van der Waals surface area contributed by atoms with Gasteiger partial charge in [0.05, 0.1) is 6.61 Å². The maximum atomic E-state index is 5.60. The molecular formula is C14H21NO2. The first-order valence-electron chi connectivity index (χ1n) is 5.99. The molecule has 3 heteroatoms. The van der Waals surface area contributed by atoms with Crippen molar-refractivity contribution >= 4 is 0 Å². The van der Waals surface area contributed by atoms with Crippen molar-refractivity contribution in [3.05, 3.63) is 36.4 Å². The standard InChI is InChI=1S/C14H21NO2/c1-4-15-10-12(3)11-17-14-8-6-13(7-9-14)16-5-2/h6-9,15H,3-5,10-11H2,1-2H3. The molecule has 0 atom stereocenters. The van der Waals surface area contributed by atoms with E-state index >= 15 is 0 Å². The minimum Gasteiger partial charge on any atom is -0.494 e. The van der Waals surface area contributed by atoms with Gasteiger partial charge in [0, 0.05) is 6.54 Å². The summed E-state index contributed by atoms with van der Waals surface area (Å²) in [4.78, 5) is 0. The molecule has 0 unspecified atom stereocenters. The maximum absolute atomic E-state index is 5.60. The van der Waals surface area contributed by atoms with Crippen LogP contribution in [0.4, 0.5) is 0 Å². The van der Waals surface area contributed by atoms with Crippen molar-refractivity contribution in [2.24, 2.45) is 0 Å². The minimum atomic E-state index is 0.543. The summed E-state index contributed by atoms with van der Waals surface area (Å²) in [5.41, 5.74) is 1.04. The molecule has 94 valence electrons. The molecule has 0 aliphatic rings. The van der Waals surface area contributed by atoms with Crippen LogP contribution in [-0.4, -0.2) is 26.3 Å². The number of hydrogen-bond donors (Lipinski definition) is 1. The summed E-state index contributed by atoms with van der Waals surface area (Å²) >= 11 is 0. The summed E-state index contributed by atoms with van der Waals surface area (Å²) in [6.45, 7) is 10.9. The zero-order chi connectivity index (χ0) is 12.5. The Kier molecular flexibility index (Phi) is 6.18. The van der Waals surface area contributed by atoms with Crippen molar-refractivity contribution in [1.29, 1.82) is 0 Å². The molecule has 1 aromatic carbocycles. The average Bonchev–Trinajstić information content (AvgIpc) is 2.36. The van der Waals surface area contributed by atoms with Crippen molar-refractivity contribution in [3.8, 4) is 11.5 Å². The second kappa shape index (κ2) is 7.74. The van der Waals surface area contributed by atoms with Crippen molar-refractivity contribution in [2.75, 3.05) is 26.3 Å². The summed E-state index contributed by atoms with van der Waals surface area (Å²) in [5.74, 6) is 1.71. The molecule has 0 heterocycles. The number of ether oxygens (including phenoxy) is 2. The highest BCUT2D eigenvalue weighted by Crippen LogP contribution is 2.17. The summed E-state index contributed by atoms with van der Waals surface area (Å²) in [5, 5.41) is 3.21. The molecule has 0 bridgehead atoms. The van der Waals surface area contributed by atoms with Crippen LogP contribution in [0.2, 0.25) is 0 Å². The monoisotopic (exact) mass is 235 g/mol. The number of hydrogen-bond acceptors (Lipinski definition) is 3. The van der Waals surface area contributed by atoms with E-state index in [-0.39, 0.29) is 0 Å². The van der Waals surface area contributed by atoms with Gasteiger partial charge in [-0.05, 0) is 43.3 Å². The van der Waals surface area contributed by atoms with Crippen LogP contribution in [-0.2, 0) is 0 Å². The van der Waals surface area contributed by atoms with E-state index in [1.54, 1.807) is 0 Å². The minimum absolute atomic E-state index is 0.543. The van der Waals surface area contributed by atoms with Gasteiger partial charge in [-0.25, -0.2) is 0 Å². The first-order valence-corrected chi connectivity index (χ1v) is 5.99. The van der Waals surface area contributed by atoms with Crippen LogP contribution < -0.4 is 14.8 Å². The molecule has 0 aliphatic carbocycles. The lowest BCUT2D eigenvalue weighted by Crippen LogP contribution is -2.18. The van der Waals surface area contributed by atoms with E-state index in [0.717, 1.165) is 30.2 Å². The van der Waals surface area contributed by atoms with Gasteiger partial charge < -0.3 is 14.8 Å². The van der Waals surface area contributed by atoms with Crippen LogP contribution in [0.3, 0.4) is 0 Å². The Labute approximate surface area is 103 Å². The highest BCUT2D eigenvalue weighted by atomic mass is 16.5. The van der Waals surface area contributed by atoms with Crippen molar-refractivity contribution in [1.82, 2.24) is 5.32 Å². The van der Waals surface area contributed by atoms with Crippen LogP contribution in [0.25, 0.3) is 0 Å². The molecule has 0 radical (unpaired) electrons. The van der Waals surface area contributed by atoms with E-state index < -0.39 is 0 Å². The largest absolute Gasteiger partial charge is 0.494 e. The molecule has 0 saturated carbocycles. The van der Waals surface area contributed by atoms with Crippen molar-refractivity contribution in [2.45, 2.75) is 13.8 Å². The Morgan fingerprint density at radius 3 is 2.24 bits per heavy atom. The van der Waals surface area contributed by atoms with Gasteiger partial charge in [0.1, 0.15) is 18.1 Å². The zero-order valence-electron chi connectivity index (χ0n) is 10.7. The van der Waals surface area contributed by atoms with Crippen LogP contribution >= 0.6 is 0 Å². The molecule has 17 heavy (non-hydrogen) atoms. The Hall–Kier alpha value is -1.48. The van der Waals surface area contributed by atoms with Crippen LogP contribution in [0.15, 0.2) is 36.4 Å². The molecule has 1 rings (SSSR count). The highest BCUT2D eigenvalue weighted by Gasteiger charge is 1.98. The average molecular weight is 235 g/mol. The molecule has 3 nitrogen and oxygen atoms in total. The van der Waals surface area contributed by atoms with E-state index in [4.69, 9.17) is 9.47 Å². The lowest BCUT2D eigenvalue weighted by atomic mass is 10.3. The predicted molar refractivity (Wildman–Crippen MR) is 70.8 cm³/mol. The Bertz CT molecular complexity index is 333. The van der Waals surface area contributed by atoms with E-state index in [0.29, 0.717) is 13.2 Å². The fourth-order valence-electron chi connectivity index (χ4n) is 1.34. The van der Waals surface area contributed by atoms with Gasteiger partial charge in [-0.2, -0.15) is 0 Å². The van der Waals surface area contributed by atoms with Crippen LogP contribution in [0, 0.1) is 0 Å². The Morgan fingerprint density at radius 2 is 1.71 bits per heavy atom. The molecule has 0 aliphatic heterocycles. The van der Waals surface area contributed by atoms with Gasteiger partial charge in [-0.1, -0.05) is 13.5 Å². The molecule has 0 amide bonds. The van der Waals surface area contributed by atoms with Crippen LogP contribution in [0.1, 0.15) is 13.8 Å². The predicted octanol–water partition coefficient (Wildman–Crippen LogP) is 2.63. The second-order valence-electron chi connectivity index (χ2n) is 3.72. The summed E-state index contributed by atoms with van der Waals surface area (Å²) in [6.07, 6.45) is 0. The number of benzene rings is 1. The van der Waals surface area contributed by atoms with E-state index in [2.05, 4.69) is 18.8 Å². The lowest BCUT2D eigenvalue weighted by Gasteiger charge is -2.09. The summed E-state index contributed by atoms with van der Waals surface area (Å²) in [7, 11) is 0. The van der Waals surface area contributed by atoms with E-state index in [1.165, 1.54) is 0 Å². The van der Waals surface area contributed by atoms with Gasteiger partial charge >= 0.3 is 0 Å². The van der Waals surface area contributed by atoms with Crippen molar-refractivity contribution < 1.29 is 9.47 Å². The number of likely N-dealkylation sites (N-methyl/N-ethyl adjacent to an activating group) is 1. The lowest BCUT2D eigenvalue weighted by molar-refractivity contribution is 0.334. The van der Waals surface area contributed by atoms with E-state index in [9.17, 15) is 0 Å². The third-order valence-corrected chi connectivity index (χ3v) is 2.20. The Balaban J connectivity index is 2.34. The van der Waals surface area contributed by atoms with Gasteiger partial charge in [-0.15, -0.1) is 0 Å². The fraction of sp³-hybridized carbons (Fsp3) is 0.429. The molecule has 1 aromatic rings. The molecular weight excluding hydrogens is 214 g/mol. The summed E-state index contributed by atoms with van der Waals surface area (Å²) < 4.78 is 11.0. The quantitative estimate of drug-likeness (QED) is 0.703. The highest BCUT2D eigenvalue weighted by molar-refractivity contribution is 5.31. The molecule has 1 N–H and O–H groups in total. The summed E-state index contributed by atoms with van der Waals surface area (Å²) in [6, 6.07) is 7.63. The number of nitrogens with one attached hydrogen (secondary N) is 1. The van der Waals surface area contributed by atoms with Crippen molar-refractivity contribution in [3.63, 3.8) is 0 Å². The van der Waals surface area contributed by atoms with Gasteiger partial charge in [0.2, 0.25) is 0 Å². The molecule has 0 spiro atoms. The maximum Gasteiger partial charge on any atom is 0.120 e. The SMILES string of the molecule is C=C(CNCC)COc1ccc(OCC)cc1. The Morgan fingerprint density at radius 1 is 1.12 bits per heavy atom. The van der Waals surface area contributed by atoms with Gasteiger partial charge in [-0.3, -0.25) is 0 Å². The molecule has 0 fully saturated rings. The van der Waals surface area contributed by atoms with Crippen LogP contribution in [0.5, 0.6) is 11.5 Å². The molecule has 0 aromatic heterocycles. The smallest absolute Gasteiger partial charge is 0.120 e. The first-order chi connectivity index (χ1) is 8.26. The topological polar surface area (TPSA) is 30.5 Å². The normalized spacial score (nSPS) is 10.0. The zero-order valence-corrected chi connectivity index (χ0v) is 10.7. The number of rotatable bonds is 8. The third-order valence-electron chi connectivity index (χ3n) is 2.20. The third kappa shape index (κ3) is 5.41.